The van der Waals surface area contributed by atoms with Gasteiger partial charge in [0, 0.05) is 11.6 Å². The summed E-state index contributed by atoms with van der Waals surface area (Å²) in [5, 5.41) is 0. The Morgan fingerprint density at radius 1 is 0.960 bits per heavy atom. The van der Waals surface area contributed by atoms with Gasteiger partial charge in [-0.1, -0.05) is 31.9 Å². The third kappa shape index (κ3) is 4.81. The van der Waals surface area contributed by atoms with Gasteiger partial charge >= 0.3 is 0 Å². The van der Waals surface area contributed by atoms with Crippen LogP contribution in [0.15, 0.2) is 42.5 Å². The monoisotopic (exact) mass is 344 g/mol. The summed E-state index contributed by atoms with van der Waals surface area (Å²) in [6.07, 6.45) is 7.86. The standard InChI is InChI=1S/C22H26F2O/c1-2-3-16-4-6-17(7-5-16)18-9-12-21(13-10-18)25-15-19-8-11-20(23)14-22(19)24/h8-14,16-17H,2-7,15H2,1H3/t16-,17-. The van der Waals surface area contributed by atoms with E-state index < -0.39 is 11.6 Å². The number of rotatable bonds is 6. The van der Waals surface area contributed by atoms with Crippen LogP contribution >= 0.6 is 0 Å². The Bertz CT molecular complexity index is 673. The van der Waals surface area contributed by atoms with Crippen LogP contribution in [-0.4, -0.2) is 0 Å². The summed E-state index contributed by atoms with van der Waals surface area (Å²) in [6.45, 7) is 2.37. The summed E-state index contributed by atoms with van der Waals surface area (Å²) >= 11 is 0. The van der Waals surface area contributed by atoms with Crippen molar-refractivity contribution >= 4 is 0 Å². The van der Waals surface area contributed by atoms with Crippen molar-refractivity contribution in [1.29, 1.82) is 0 Å². The maximum atomic E-state index is 13.6. The van der Waals surface area contributed by atoms with Gasteiger partial charge in [-0.15, -0.1) is 0 Å². The highest BCUT2D eigenvalue weighted by atomic mass is 19.1. The fourth-order valence-electron chi connectivity index (χ4n) is 3.83. The molecule has 134 valence electrons. The summed E-state index contributed by atoms with van der Waals surface area (Å²) < 4.78 is 32.2. The first-order chi connectivity index (χ1) is 12.2. The minimum Gasteiger partial charge on any atom is -0.489 e. The first-order valence-corrected chi connectivity index (χ1v) is 9.32. The molecule has 0 amide bonds. The minimum atomic E-state index is -0.570. The minimum absolute atomic E-state index is 0.105. The molecule has 0 heterocycles. The van der Waals surface area contributed by atoms with Crippen molar-refractivity contribution in [3.63, 3.8) is 0 Å². The van der Waals surface area contributed by atoms with E-state index in [0.29, 0.717) is 17.2 Å². The molecule has 1 saturated carbocycles. The number of ether oxygens (including phenoxy) is 1. The fourth-order valence-corrected chi connectivity index (χ4v) is 3.83. The SMILES string of the molecule is CCC[C@H]1CC[C@H](c2ccc(OCc3ccc(F)cc3F)cc2)CC1. The molecule has 1 fully saturated rings. The fraction of sp³-hybridized carbons (Fsp3) is 0.455. The molecule has 1 aliphatic carbocycles. The molecule has 0 N–H and O–H groups in total. The van der Waals surface area contributed by atoms with Gasteiger partial charge in [-0.05, 0) is 67.3 Å². The lowest BCUT2D eigenvalue weighted by molar-refractivity contribution is 0.298. The largest absolute Gasteiger partial charge is 0.489 e. The quantitative estimate of drug-likeness (QED) is 0.572. The van der Waals surface area contributed by atoms with E-state index >= 15 is 0 Å². The second-order valence-electron chi connectivity index (χ2n) is 7.10. The molecule has 0 atom stereocenters. The van der Waals surface area contributed by atoms with Crippen LogP contribution in [0, 0.1) is 17.6 Å². The van der Waals surface area contributed by atoms with Crippen LogP contribution in [0.25, 0.3) is 0 Å². The molecular formula is C22H26F2O. The molecule has 3 rings (SSSR count). The Morgan fingerprint density at radius 3 is 2.32 bits per heavy atom. The molecule has 1 nitrogen and oxygen atoms in total. The lowest BCUT2D eigenvalue weighted by Gasteiger charge is -2.28. The Hall–Kier alpha value is -1.90. The van der Waals surface area contributed by atoms with Crippen LogP contribution in [0.3, 0.4) is 0 Å². The van der Waals surface area contributed by atoms with Crippen molar-refractivity contribution in [2.45, 2.75) is 58.0 Å². The van der Waals surface area contributed by atoms with E-state index in [1.807, 2.05) is 12.1 Å². The van der Waals surface area contributed by atoms with E-state index in [4.69, 9.17) is 4.74 Å². The first kappa shape index (κ1) is 17.9. The Labute approximate surface area is 149 Å². The average Bonchev–Trinajstić information content (AvgIpc) is 2.62. The van der Waals surface area contributed by atoms with Gasteiger partial charge in [-0.2, -0.15) is 0 Å². The normalized spacial score (nSPS) is 20.4. The first-order valence-electron chi connectivity index (χ1n) is 9.32. The van der Waals surface area contributed by atoms with Crippen molar-refractivity contribution in [2.75, 3.05) is 0 Å². The lowest BCUT2D eigenvalue weighted by atomic mass is 9.77. The van der Waals surface area contributed by atoms with Crippen LogP contribution in [0.2, 0.25) is 0 Å². The van der Waals surface area contributed by atoms with Crippen LogP contribution in [0.5, 0.6) is 5.75 Å². The summed E-state index contributed by atoms with van der Waals surface area (Å²) in [5.41, 5.74) is 1.73. The summed E-state index contributed by atoms with van der Waals surface area (Å²) in [5.74, 6) is 1.14. The highest BCUT2D eigenvalue weighted by Crippen LogP contribution is 2.37. The molecule has 25 heavy (non-hydrogen) atoms. The molecule has 2 aromatic carbocycles. The lowest BCUT2D eigenvalue weighted by Crippen LogP contribution is -2.13. The second kappa shape index (κ2) is 8.46. The van der Waals surface area contributed by atoms with E-state index in [-0.39, 0.29) is 6.61 Å². The number of benzene rings is 2. The summed E-state index contributed by atoms with van der Waals surface area (Å²) in [4.78, 5) is 0. The van der Waals surface area contributed by atoms with E-state index in [0.717, 1.165) is 12.0 Å². The number of hydrogen-bond acceptors (Lipinski definition) is 1. The Morgan fingerprint density at radius 2 is 1.68 bits per heavy atom. The molecular weight excluding hydrogens is 318 g/mol. The molecule has 1 aliphatic rings. The number of halogens is 2. The highest BCUT2D eigenvalue weighted by Gasteiger charge is 2.21. The molecule has 0 saturated heterocycles. The van der Waals surface area contributed by atoms with Gasteiger partial charge in [-0.3, -0.25) is 0 Å². The molecule has 0 unspecified atom stereocenters. The summed E-state index contributed by atoms with van der Waals surface area (Å²) in [6, 6.07) is 11.7. The van der Waals surface area contributed by atoms with Crippen LogP contribution < -0.4 is 4.74 Å². The van der Waals surface area contributed by atoms with E-state index in [2.05, 4.69) is 19.1 Å². The third-order valence-electron chi connectivity index (χ3n) is 5.30. The maximum Gasteiger partial charge on any atom is 0.132 e. The van der Waals surface area contributed by atoms with Gasteiger partial charge < -0.3 is 4.74 Å². The van der Waals surface area contributed by atoms with Gasteiger partial charge in [0.05, 0.1) is 0 Å². The van der Waals surface area contributed by atoms with Crippen molar-refractivity contribution < 1.29 is 13.5 Å². The molecule has 0 bridgehead atoms. The molecule has 3 heteroatoms. The van der Waals surface area contributed by atoms with Crippen molar-refractivity contribution in [2.24, 2.45) is 5.92 Å². The third-order valence-corrected chi connectivity index (χ3v) is 5.30. The zero-order valence-electron chi connectivity index (χ0n) is 14.8. The molecule has 0 spiro atoms. The van der Waals surface area contributed by atoms with Gasteiger partial charge in [0.25, 0.3) is 0 Å². The van der Waals surface area contributed by atoms with E-state index in [9.17, 15) is 8.78 Å². The van der Waals surface area contributed by atoms with Crippen molar-refractivity contribution in [3.8, 4) is 5.75 Å². The Balaban J connectivity index is 1.54. The topological polar surface area (TPSA) is 9.23 Å². The second-order valence-corrected chi connectivity index (χ2v) is 7.10. The average molecular weight is 344 g/mol. The molecule has 0 radical (unpaired) electrons. The zero-order chi connectivity index (χ0) is 17.6. The van der Waals surface area contributed by atoms with Crippen LogP contribution in [0.1, 0.15) is 62.5 Å². The smallest absolute Gasteiger partial charge is 0.132 e. The molecule has 0 aliphatic heterocycles. The molecule has 2 aromatic rings. The van der Waals surface area contributed by atoms with Gasteiger partial charge in [-0.25, -0.2) is 8.78 Å². The highest BCUT2D eigenvalue weighted by molar-refractivity contribution is 5.30. The van der Waals surface area contributed by atoms with Crippen LogP contribution in [0.4, 0.5) is 8.78 Å². The predicted octanol–water partition coefficient (Wildman–Crippen LogP) is 6.62. The zero-order valence-corrected chi connectivity index (χ0v) is 14.8. The maximum absolute atomic E-state index is 13.6. The van der Waals surface area contributed by atoms with Gasteiger partial charge in [0.2, 0.25) is 0 Å². The van der Waals surface area contributed by atoms with E-state index in [1.54, 1.807) is 0 Å². The van der Waals surface area contributed by atoms with Gasteiger partial charge in [0.1, 0.15) is 24.0 Å². The van der Waals surface area contributed by atoms with Crippen molar-refractivity contribution in [1.82, 2.24) is 0 Å². The Kier molecular flexibility index (Phi) is 6.06. The molecule has 0 aromatic heterocycles. The predicted molar refractivity (Wildman–Crippen MR) is 96.7 cm³/mol. The van der Waals surface area contributed by atoms with Gasteiger partial charge in [0.15, 0.2) is 0 Å². The van der Waals surface area contributed by atoms with Crippen molar-refractivity contribution in [3.05, 3.63) is 65.2 Å². The van der Waals surface area contributed by atoms with Crippen LogP contribution in [-0.2, 0) is 6.61 Å². The number of hydrogen-bond donors (Lipinski definition) is 0. The van der Waals surface area contributed by atoms with E-state index in [1.165, 1.54) is 56.2 Å². The summed E-state index contributed by atoms with van der Waals surface area (Å²) in [7, 11) is 0.